The van der Waals surface area contributed by atoms with Gasteiger partial charge in [0.05, 0.1) is 18.5 Å². The van der Waals surface area contributed by atoms with Gasteiger partial charge in [-0.3, -0.25) is 0 Å². The van der Waals surface area contributed by atoms with Gasteiger partial charge in [0.25, 0.3) is 0 Å². The number of rotatable bonds is 3. The third-order valence-electron chi connectivity index (χ3n) is 6.02. The van der Waals surface area contributed by atoms with E-state index >= 15 is 0 Å². The van der Waals surface area contributed by atoms with Gasteiger partial charge >= 0.3 is 0 Å². The van der Waals surface area contributed by atoms with Gasteiger partial charge in [0.15, 0.2) is 0 Å². The Morgan fingerprint density at radius 3 is 2.38 bits per heavy atom. The van der Waals surface area contributed by atoms with Crippen LogP contribution >= 0.6 is 0 Å². The lowest BCUT2D eigenvalue weighted by Gasteiger charge is -2.04. The number of hydrogen-bond acceptors (Lipinski definition) is 2. The zero-order chi connectivity index (χ0) is 19.9. The molecular weight excluding hydrogens is 358 g/mol. The Hall–Kier alpha value is -2.49. The number of H-pyrrole nitrogens is 2. The van der Waals surface area contributed by atoms with E-state index in [-0.39, 0.29) is 0 Å². The van der Waals surface area contributed by atoms with E-state index in [2.05, 4.69) is 22.1 Å². The van der Waals surface area contributed by atoms with Gasteiger partial charge in [-0.05, 0) is 55.5 Å². The molecule has 29 heavy (non-hydrogen) atoms. The van der Waals surface area contributed by atoms with E-state index in [0.29, 0.717) is 0 Å². The van der Waals surface area contributed by atoms with Crippen molar-refractivity contribution in [2.24, 2.45) is 4.99 Å². The van der Waals surface area contributed by atoms with Crippen molar-refractivity contribution in [2.75, 3.05) is 7.11 Å². The fraction of sp³-hybridized carbons (Fsp3) is 0.480. The molecule has 0 amide bonds. The van der Waals surface area contributed by atoms with E-state index in [1.807, 2.05) is 24.4 Å². The van der Waals surface area contributed by atoms with Gasteiger partial charge in [0, 0.05) is 23.7 Å². The van der Waals surface area contributed by atoms with Gasteiger partial charge < -0.3 is 14.7 Å². The summed E-state index contributed by atoms with van der Waals surface area (Å²) in [6, 6.07) is 6.42. The number of aliphatic imine (C=N–C) groups is 1. The normalized spacial score (nSPS) is 20.2. The summed E-state index contributed by atoms with van der Waals surface area (Å²) in [4.78, 5) is 11.7. The zero-order valence-corrected chi connectivity index (χ0v) is 17.6. The van der Waals surface area contributed by atoms with Gasteiger partial charge in [-0.25, -0.2) is 4.99 Å². The molecule has 1 aliphatic carbocycles. The third-order valence-corrected chi connectivity index (χ3v) is 6.02. The van der Waals surface area contributed by atoms with Crippen molar-refractivity contribution >= 4 is 11.8 Å². The molecule has 0 fully saturated rings. The lowest BCUT2D eigenvalue weighted by molar-refractivity contribution is 0.303. The first-order valence-corrected chi connectivity index (χ1v) is 11.2. The van der Waals surface area contributed by atoms with Crippen LogP contribution in [0.15, 0.2) is 46.9 Å². The summed E-state index contributed by atoms with van der Waals surface area (Å²) in [5.74, 6) is 0.822. The number of aryl methyl sites for hydroxylation is 2. The van der Waals surface area contributed by atoms with Crippen LogP contribution in [0, 0.1) is 0 Å². The molecule has 0 aromatic carbocycles. The predicted octanol–water partition coefficient (Wildman–Crippen LogP) is 6.33. The third kappa shape index (κ3) is 5.11. The second-order valence-corrected chi connectivity index (χ2v) is 8.24. The molecule has 0 saturated carbocycles. The number of aromatic nitrogens is 2. The molecular formula is C25H33N3O. The molecule has 4 nitrogen and oxygen atoms in total. The largest absolute Gasteiger partial charge is 0.494 e. The minimum atomic E-state index is 0.822. The number of fused-ring (bicyclic) bond motifs is 2. The van der Waals surface area contributed by atoms with Crippen LogP contribution in [0.2, 0.25) is 0 Å². The van der Waals surface area contributed by atoms with Crippen LogP contribution in [0.5, 0.6) is 0 Å². The molecule has 2 aromatic rings. The molecule has 4 heteroatoms. The molecule has 3 heterocycles. The maximum atomic E-state index is 5.62. The van der Waals surface area contributed by atoms with Gasteiger partial charge in [0.1, 0.15) is 11.5 Å². The minimum Gasteiger partial charge on any atom is -0.494 e. The summed E-state index contributed by atoms with van der Waals surface area (Å²) in [7, 11) is 1.72. The Balaban J connectivity index is 1.58. The fourth-order valence-corrected chi connectivity index (χ4v) is 4.36. The van der Waals surface area contributed by atoms with Crippen molar-refractivity contribution in [3.63, 3.8) is 0 Å². The highest BCUT2D eigenvalue weighted by molar-refractivity contribution is 6.11. The standard InChI is InChI=1S/C25H33N3O/c1-29-25-18-23(21-14-11-15-26-21)28-24(25)17-22-19-12-9-7-5-3-2-4-6-8-10-13-20(16-19)27-22/h11,14-18,26-27H,2-10,12-13H2,1H3. The first kappa shape index (κ1) is 19.8. The zero-order valence-electron chi connectivity index (χ0n) is 17.6. The maximum absolute atomic E-state index is 5.62. The summed E-state index contributed by atoms with van der Waals surface area (Å²) in [5.41, 5.74) is 6.81. The molecule has 4 rings (SSSR count). The SMILES string of the molecule is COC1=CC(c2ccc[nH]2)=NC1=Cc1[nH]c2cc1CCCCCCCCCCC2. The van der Waals surface area contributed by atoms with Crippen molar-refractivity contribution in [2.45, 2.75) is 70.6 Å². The van der Waals surface area contributed by atoms with Gasteiger partial charge in [-0.1, -0.05) is 44.9 Å². The second kappa shape index (κ2) is 9.82. The molecule has 0 spiro atoms. The van der Waals surface area contributed by atoms with E-state index in [0.717, 1.165) is 35.7 Å². The summed E-state index contributed by atoms with van der Waals surface area (Å²) in [6.07, 6.45) is 20.5. The topological polar surface area (TPSA) is 53.2 Å². The maximum Gasteiger partial charge on any atom is 0.146 e. The fourth-order valence-electron chi connectivity index (χ4n) is 4.36. The number of ether oxygens (including phenoxy) is 1. The van der Waals surface area contributed by atoms with E-state index < -0.39 is 0 Å². The van der Waals surface area contributed by atoms with Gasteiger partial charge in [0.2, 0.25) is 0 Å². The lowest BCUT2D eigenvalue weighted by Crippen LogP contribution is -1.93. The van der Waals surface area contributed by atoms with Gasteiger partial charge in [-0.15, -0.1) is 0 Å². The summed E-state index contributed by atoms with van der Waals surface area (Å²) >= 11 is 0. The number of hydrogen-bond donors (Lipinski definition) is 2. The summed E-state index contributed by atoms with van der Waals surface area (Å²) in [6.45, 7) is 0. The molecule has 1 aliphatic heterocycles. The first-order chi connectivity index (χ1) is 14.3. The molecule has 2 bridgehead atoms. The Labute approximate surface area is 174 Å². The van der Waals surface area contributed by atoms with E-state index in [1.54, 1.807) is 7.11 Å². The Morgan fingerprint density at radius 1 is 0.966 bits per heavy atom. The van der Waals surface area contributed by atoms with Crippen LogP contribution in [-0.2, 0) is 17.6 Å². The average molecular weight is 392 g/mol. The summed E-state index contributed by atoms with van der Waals surface area (Å²) in [5, 5.41) is 0. The number of aromatic amines is 2. The number of methoxy groups -OCH3 is 1. The Bertz CT molecular complexity index is 883. The molecule has 2 aromatic heterocycles. The second-order valence-electron chi connectivity index (χ2n) is 8.24. The van der Waals surface area contributed by atoms with E-state index in [9.17, 15) is 0 Å². The number of allylic oxidation sites excluding steroid dienone is 1. The molecule has 2 aliphatic rings. The van der Waals surface area contributed by atoms with Crippen molar-refractivity contribution < 1.29 is 4.74 Å². The highest BCUT2D eigenvalue weighted by Crippen LogP contribution is 2.27. The number of nitrogens with zero attached hydrogens (tertiary/aromatic N) is 1. The van der Waals surface area contributed by atoms with Crippen molar-refractivity contribution in [1.82, 2.24) is 9.97 Å². The molecule has 0 atom stereocenters. The molecule has 0 radical (unpaired) electrons. The summed E-state index contributed by atoms with van der Waals surface area (Å²) < 4.78 is 5.62. The number of nitrogens with one attached hydrogen (secondary N) is 2. The predicted molar refractivity (Wildman–Crippen MR) is 120 cm³/mol. The van der Waals surface area contributed by atoms with Crippen LogP contribution in [0.1, 0.15) is 80.4 Å². The highest BCUT2D eigenvalue weighted by Gasteiger charge is 2.18. The van der Waals surface area contributed by atoms with Crippen LogP contribution in [0.4, 0.5) is 0 Å². The van der Waals surface area contributed by atoms with Crippen molar-refractivity contribution in [1.29, 1.82) is 0 Å². The van der Waals surface area contributed by atoms with Crippen LogP contribution in [0.3, 0.4) is 0 Å². The van der Waals surface area contributed by atoms with Crippen LogP contribution in [-0.4, -0.2) is 22.8 Å². The Morgan fingerprint density at radius 2 is 1.69 bits per heavy atom. The quantitative estimate of drug-likeness (QED) is 0.631. The van der Waals surface area contributed by atoms with Crippen LogP contribution < -0.4 is 0 Å². The smallest absolute Gasteiger partial charge is 0.146 e. The lowest BCUT2D eigenvalue weighted by atomic mass is 10.0. The minimum absolute atomic E-state index is 0.822. The van der Waals surface area contributed by atoms with Crippen molar-refractivity contribution in [3.05, 3.63) is 64.6 Å². The Kier molecular flexibility index (Phi) is 6.71. The van der Waals surface area contributed by atoms with E-state index in [4.69, 9.17) is 9.73 Å². The molecule has 154 valence electrons. The molecule has 0 unspecified atom stereocenters. The molecule has 0 saturated heterocycles. The monoisotopic (exact) mass is 391 g/mol. The van der Waals surface area contributed by atoms with Crippen LogP contribution in [0.25, 0.3) is 6.08 Å². The van der Waals surface area contributed by atoms with E-state index in [1.165, 1.54) is 74.7 Å². The molecule has 2 N–H and O–H groups in total. The van der Waals surface area contributed by atoms with Gasteiger partial charge in [-0.2, -0.15) is 0 Å². The first-order valence-electron chi connectivity index (χ1n) is 11.2. The average Bonchev–Trinajstić information content (AvgIpc) is 3.46. The van der Waals surface area contributed by atoms with Crippen molar-refractivity contribution in [3.8, 4) is 0 Å². The highest BCUT2D eigenvalue weighted by atomic mass is 16.5.